The maximum atomic E-state index is 10.3. The number of aliphatic hydroxyl groups is 1. The van der Waals surface area contributed by atoms with E-state index in [1.54, 1.807) is 6.26 Å². The van der Waals surface area contributed by atoms with Crippen molar-refractivity contribution < 1.29 is 14.3 Å². The summed E-state index contributed by atoms with van der Waals surface area (Å²) in [6, 6.07) is 0. The van der Waals surface area contributed by atoms with Crippen LogP contribution in [0.2, 0.25) is 16.6 Å². The van der Waals surface area contributed by atoms with Crippen LogP contribution in [0.5, 0.6) is 0 Å². The van der Waals surface area contributed by atoms with Crippen molar-refractivity contribution in [2.45, 2.75) is 96.6 Å². The van der Waals surface area contributed by atoms with E-state index < -0.39 is 14.4 Å². The fourth-order valence-electron chi connectivity index (χ4n) is 4.45. The number of hydrogen-bond acceptors (Lipinski definition) is 3. The Hall–Kier alpha value is -0.583. The van der Waals surface area contributed by atoms with E-state index in [0.29, 0.717) is 29.0 Å². The van der Waals surface area contributed by atoms with Gasteiger partial charge in [0.2, 0.25) is 0 Å². The lowest BCUT2D eigenvalue weighted by Crippen LogP contribution is -2.47. The molecule has 0 saturated heterocycles. The van der Waals surface area contributed by atoms with Crippen molar-refractivity contribution in [3.63, 3.8) is 0 Å². The molecule has 0 saturated carbocycles. The van der Waals surface area contributed by atoms with E-state index in [1.807, 2.05) is 6.08 Å². The van der Waals surface area contributed by atoms with Crippen LogP contribution in [0.3, 0.4) is 0 Å². The van der Waals surface area contributed by atoms with Gasteiger partial charge in [-0.05, 0) is 47.9 Å². The van der Waals surface area contributed by atoms with E-state index in [-0.39, 0.29) is 6.10 Å². The molecule has 1 heterocycles. The Labute approximate surface area is 156 Å². The first kappa shape index (κ1) is 22.5. The van der Waals surface area contributed by atoms with Gasteiger partial charge in [0.15, 0.2) is 8.32 Å². The number of hydrogen-bond donors (Lipinski definition) is 1. The fourth-order valence-corrected chi connectivity index (χ4v) is 9.92. The smallest absolute Gasteiger partial charge is 0.200 e. The normalized spacial score (nSPS) is 23.0. The van der Waals surface area contributed by atoms with Crippen LogP contribution in [-0.4, -0.2) is 32.2 Å². The first-order valence-electron chi connectivity index (χ1n) is 10.0. The van der Waals surface area contributed by atoms with Gasteiger partial charge in [-0.2, -0.15) is 0 Å². The van der Waals surface area contributed by atoms with Gasteiger partial charge in [0, 0.05) is 6.61 Å². The minimum Gasteiger partial charge on any atom is -0.495 e. The molecule has 4 heteroatoms. The SMILES string of the molecule is CC(C)[Si](OCC/C=C\C[C@@H](O)[C@@H]1OC=CC[C@H]1C)(C(C)C)C(C)C. The van der Waals surface area contributed by atoms with Crippen LogP contribution in [0.1, 0.15) is 67.7 Å². The second kappa shape index (κ2) is 10.5. The third-order valence-electron chi connectivity index (χ3n) is 5.67. The molecule has 0 radical (unpaired) electrons. The van der Waals surface area contributed by atoms with Gasteiger partial charge in [0.05, 0.1) is 12.4 Å². The molecule has 0 aromatic carbocycles. The van der Waals surface area contributed by atoms with Crippen molar-refractivity contribution in [3.8, 4) is 0 Å². The van der Waals surface area contributed by atoms with E-state index in [9.17, 15) is 5.11 Å². The van der Waals surface area contributed by atoms with Gasteiger partial charge in [-0.15, -0.1) is 0 Å². The zero-order valence-electron chi connectivity index (χ0n) is 17.4. The molecule has 0 spiro atoms. The predicted octanol–water partition coefficient (Wildman–Crippen LogP) is 5.81. The molecule has 3 nitrogen and oxygen atoms in total. The number of ether oxygens (including phenoxy) is 1. The quantitative estimate of drug-likeness (QED) is 0.300. The average Bonchev–Trinajstić information content (AvgIpc) is 2.53. The van der Waals surface area contributed by atoms with Gasteiger partial charge in [-0.1, -0.05) is 60.6 Å². The van der Waals surface area contributed by atoms with Gasteiger partial charge < -0.3 is 14.3 Å². The lowest BCUT2D eigenvalue weighted by Gasteiger charge is -2.42. The van der Waals surface area contributed by atoms with Gasteiger partial charge in [-0.25, -0.2) is 0 Å². The summed E-state index contributed by atoms with van der Waals surface area (Å²) in [5.74, 6) is 0.367. The summed E-state index contributed by atoms with van der Waals surface area (Å²) >= 11 is 0. The summed E-state index contributed by atoms with van der Waals surface area (Å²) in [6.07, 6.45) is 9.97. The molecule has 0 aliphatic carbocycles. The van der Waals surface area contributed by atoms with Crippen molar-refractivity contribution in [1.82, 2.24) is 0 Å². The molecule has 3 atom stereocenters. The third-order valence-corrected chi connectivity index (χ3v) is 11.8. The summed E-state index contributed by atoms with van der Waals surface area (Å²) in [5.41, 5.74) is 1.86. The van der Waals surface area contributed by atoms with Crippen molar-refractivity contribution >= 4 is 8.32 Å². The van der Waals surface area contributed by atoms with Crippen LogP contribution in [0, 0.1) is 5.92 Å². The van der Waals surface area contributed by atoms with E-state index in [0.717, 1.165) is 19.4 Å². The Balaban J connectivity index is 2.43. The number of allylic oxidation sites excluding steroid dienone is 1. The molecule has 1 aliphatic rings. The third kappa shape index (κ3) is 5.97. The van der Waals surface area contributed by atoms with Crippen LogP contribution < -0.4 is 0 Å². The van der Waals surface area contributed by atoms with Gasteiger partial charge in [0.25, 0.3) is 0 Å². The average molecular weight is 369 g/mol. The van der Waals surface area contributed by atoms with Crippen LogP contribution in [0.4, 0.5) is 0 Å². The monoisotopic (exact) mass is 368 g/mol. The number of rotatable bonds is 10. The van der Waals surface area contributed by atoms with Crippen LogP contribution in [0.25, 0.3) is 0 Å². The van der Waals surface area contributed by atoms with Gasteiger partial charge in [-0.3, -0.25) is 0 Å². The standard InChI is InChI=1S/C21H40O3Si/c1-16(2)25(17(3)4,18(5)6)24-15-10-8-9-13-20(22)21-19(7)12-11-14-23-21/h8-9,11,14,16-22H,10,12-13,15H2,1-7H3/b9-8-/t19-,20-,21-/m1/s1. The largest absolute Gasteiger partial charge is 0.495 e. The van der Waals surface area contributed by atoms with E-state index in [4.69, 9.17) is 9.16 Å². The first-order valence-corrected chi connectivity index (χ1v) is 12.1. The highest BCUT2D eigenvalue weighted by Crippen LogP contribution is 2.42. The van der Waals surface area contributed by atoms with E-state index in [2.05, 4.69) is 60.6 Å². The van der Waals surface area contributed by atoms with Crippen LogP contribution in [-0.2, 0) is 9.16 Å². The molecule has 0 fully saturated rings. The molecular weight excluding hydrogens is 328 g/mol. The molecule has 25 heavy (non-hydrogen) atoms. The van der Waals surface area contributed by atoms with Crippen molar-refractivity contribution in [2.24, 2.45) is 5.92 Å². The molecule has 1 rings (SSSR count). The molecule has 0 amide bonds. The molecule has 0 unspecified atom stereocenters. The van der Waals surface area contributed by atoms with Crippen molar-refractivity contribution in [1.29, 1.82) is 0 Å². The molecule has 0 aromatic heterocycles. The second-order valence-corrected chi connectivity index (χ2v) is 13.9. The van der Waals surface area contributed by atoms with Gasteiger partial charge in [0.1, 0.15) is 6.10 Å². The van der Waals surface area contributed by atoms with E-state index in [1.165, 1.54) is 0 Å². The summed E-state index contributed by atoms with van der Waals surface area (Å²) in [5, 5.41) is 10.3. The fraction of sp³-hybridized carbons (Fsp3) is 0.810. The van der Waals surface area contributed by atoms with Gasteiger partial charge >= 0.3 is 0 Å². The molecule has 1 aliphatic heterocycles. The first-order chi connectivity index (χ1) is 11.7. The minimum atomic E-state index is -1.76. The van der Waals surface area contributed by atoms with Crippen molar-refractivity contribution in [3.05, 3.63) is 24.5 Å². The summed E-state index contributed by atoms with van der Waals surface area (Å²) in [4.78, 5) is 0. The number of aliphatic hydroxyl groups excluding tert-OH is 1. The maximum Gasteiger partial charge on any atom is 0.200 e. The van der Waals surface area contributed by atoms with Crippen LogP contribution >= 0.6 is 0 Å². The highest BCUT2D eigenvalue weighted by atomic mass is 28.4. The summed E-state index contributed by atoms with van der Waals surface area (Å²) in [7, 11) is -1.76. The second-order valence-electron chi connectivity index (χ2n) is 8.41. The zero-order chi connectivity index (χ0) is 19.0. The Kier molecular flexibility index (Phi) is 9.47. The zero-order valence-corrected chi connectivity index (χ0v) is 18.4. The Bertz CT molecular complexity index is 407. The van der Waals surface area contributed by atoms with E-state index >= 15 is 0 Å². The predicted molar refractivity (Wildman–Crippen MR) is 109 cm³/mol. The molecule has 146 valence electrons. The van der Waals surface area contributed by atoms with Crippen LogP contribution in [0.15, 0.2) is 24.5 Å². The molecular formula is C21H40O3Si. The highest BCUT2D eigenvalue weighted by Gasteiger charge is 2.44. The molecule has 0 aromatic rings. The minimum absolute atomic E-state index is 0.0891. The lowest BCUT2D eigenvalue weighted by atomic mass is 9.93. The van der Waals surface area contributed by atoms with Crippen molar-refractivity contribution in [2.75, 3.05) is 6.61 Å². The summed E-state index contributed by atoms with van der Waals surface area (Å²) < 4.78 is 12.1. The Morgan fingerprint density at radius 3 is 2.24 bits per heavy atom. The Morgan fingerprint density at radius 2 is 1.72 bits per heavy atom. The molecule has 1 N–H and O–H groups in total. The highest BCUT2D eigenvalue weighted by molar-refractivity contribution is 6.77. The Morgan fingerprint density at radius 1 is 1.12 bits per heavy atom. The maximum absolute atomic E-state index is 10.3. The summed E-state index contributed by atoms with van der Waals surface area (Å²) in [6.45, 7) is 16.8. The topological polar surface area (TPSA) is 38.7 Å². The molecule has 0 bridgehead atoms. The lowest BCUT2D eigenvalue weighted by molar-refractivity contribution is -0.0275.